The van der Waals surface area contributed by atoms with E-state index in [2.05, 4.69) is 31.2 Å². The van der Waals surface area contributed by atoms with E-state index in [0.29, 0.717) is 0 Å². The molecule has 0 spiro atoms. The Labute approximate surface area is 111 Å². The molecule has 1 atom stereocenters. The summed E-state index contributed by atoms with van der Waals surface area (Å²) in [4.78, 5) is 0. The van der Waals surface area contributed by atoms with Crippen molar-refractivity contribution in [3.63, 3.8) is 0 Å². The van der Waals surface area contributed by atoms with Gasteiger partial charge in [-0.05, 0) is 36.3 Å². The van der Waals surface area contributed by atoms with Gasteiger partial charge in [0.05, 0.1) is 6.10 Å². The predicted octanol–water partition coefficient (Wildman–Crippen LogP) is 4.64. The van der Waals surface area contributed by atoms with Crippen LogP contribution in [0.1, 0.15) is 69.1 Å². The van der Waals surface area contributed by atoms with Crippen LogP contribution in [0.3, 0.4) is 0 Å². The molecule has 1 unspecified atom stereocenters. The minimum atomic E-state index is -0.266. The lowest BCUT2D eigenvalue weighted by Crippen LogP contribution is -2.08. The maximum atomic E-state index is 10.2. The third kappa shape index (κ3) is 3.84. The van der Waals surface area contributed by atoms with Gasteiger partial charge in [-0.3, -0.25) is 0 Å². The average molecular weight is 246 g/mol. The van der Waals surface area contributed by atoms with Crippen molar-refractivity contribution in [1.29, 1.82) is 0 Å². The van der Waals surface area contributed by atoms with Gasteiger partial charge in [0.15, 0.2) is 0 Å². The molecule has 0 heterocycles. The Morgan fingerprint density at radius 3 is 2.39 bits per heavy atom. The van der Waals surface area contributed by atoms with E-state index >= 15 is 0 Å². The Bertz CT molecular complexity index is 335. The first-order chi connectivity index (χ1) is 8.79. The van der Waals surface area contributed by atoms with Gasteiger partial charge in [0, 0.05) is 0 Å². The van der Waals surface area contributed by atoms with E-state index in [1.165, 1.54) is 44.1 Å². The summed E-state index contributed by atoms with van der Waals surface area (Å²) in [6.07, 6.45) is 9.88. The molecule has 0 amide bonds. The van der Waals surface area contributed by atoms with Crippen LogP contribution in [0.15, 0.2) is 24.3 Å². The SMILES string of the molecule is CCc1ccc(C(O)CCC2CCCCC2)cc1. The monoisotopic (exact) mass is 246 g/mol. The molecular weight excluding hydrogens is 220 g/mol. The molecule has 18 heavy (non-hydrogen) atoms. The van der Waals surface area contributed by atoms with Gasteiger partial charge in [-0.1, -0.05) is 63.3 Å². The van der Waals surface area contributed by atoms with Gasteiger partial charge in [0.2, 0.25) is 0 Å². The number of hydrogen-bond acceptors (Lipinski definition) is 1. The van der Waals surface area contributed by atoms with E-state index in [1.807, 2.05) is 0 Å². The largest absolute Gasteiger partial charge is 0.388 e. The van der Waals surface area contributed by atoms with Crippen molar-refractivity contribution >= 4 is 0 Å². The zero-order valence-electron chi connectivity index (χ0n) is 11.6. The maximum Gasteiger partial charge on any atom is 0.0790 e. The second-order valence-electron chi connectivity index (χ2n) is 5.69. The number of aliphatic hydroxyl groups is 1. The molecule has 1 fully saturated rings. The van der Waals surface area contributed by atoms with Crippen molar-refractivity contribution in [3.05, 3.63) is 35.4 Å². The molecule has 1 heteroatoms. The molecule has 1 N–H and O–H groups in total. The summed E-state index contributed by atoms with van der Waals surface area (Å²) in [5.74, 6) is 0.864. The van der Waals surface area contributed by atoms with Crippen LogP contribution in [-0.2, 0) is 6.42 Å². The van der Waals surface area contributed by atoms with Crippen LogP contribution in [0, 0.1) is 5.92 Å². The number of benzene rings is 1. The average Bonchev–Trinajstić information content (AvgIpc) is 2.46. The Morgan fingerprint density at radius 1 is 1.11 bits per heavy atom. The van der Waals surface area contributed by atoms with Gasteiger partial charge in [0.25, 0.3) is 0 Å². The van der Waals surface area contributed by atoms with Crippen LogP contribution in [0.2, 0.25) is 0 Å². The van der Waals surface area contributed by atoms with Crippen LogP contribution in [0.4, 0.5) is 0 Å². The minimum Gasteiger partial charge on any atom is -0.388 e. The molecule has 1 aliphatic rings. The van der Waals surface area contributed by atoms with Crippen LogP contribution >= 0.6 is 0 Å². The molecule has 1 aromatic rings. The third-order valence-electron chi connectivity index (χ3n) is 4.35. The molecule has 1 nitrogen and oxygen atoms in total. The summed E-state index contributed by atoms with van der Waals surface area (Å²) in [6, 6.07) is 8.45. The highest BCUT2D eigenvalue weighted by atomic mass is 16.3. The summed E-state index contributed by atoms with van der Waals surface area (Å²) < 4.78 is 0. The van der Waals surface area contributed by atoms with Gasteiger partial charge < -0.3 is 5.11 Å². The zero-order valence-corrected chi connectivity index (χ0v) is 11.6. The van der Waals surface area contributed by atoms with Gasteiger partial charge >= 0.3 is 0 Å². The predicted molar refractivity (Wildman–Crippen MR) is 76.6 cm³/mol. The van der Waals surface area contributed by atoms with Crippen molar-refractivity contribution in [2.24, 2.45) is 5.92 Å². The van der Waals surface area contributed by atoms with Crippen molar-refractivity contribution in [3.8, 4) is 0 Å². The van der Waals surface area contributed by atoms with E-state index in [1.54, 1.807) is 0 Å². The molecule has 1 aliphatic carbocycles. The molecule has 0 aliphatic heterocycles. The molecule has 100 valence electrons. The molecule has 0 bridgehead atoms. The Balaban J connectivity index is 1.80. The highest BCUT2D eigenvalue weighted by Crippen LogP contribution is 2.30. The molecule has 0 saturated heterocycles. The lowest BCUT2D eigenvalue weighted by molar-refractivity contribution is 0.151. The fraction of sp³-hybridized carbons (Fsp3) is 0.647. The third-order valence-corrected chi connectivity index (χ3v) is 4.35. The van der Waals surface area contributed by atoms with Crippen LogP contribution in [-0.4, -0.2) is 5.11 Å². The fourth-order valence-electron chi connectivity index (χ4n) is 3.01. The zero-order chi connectivity index (χ0) is 12.8. The molecule has 1 saturated carbocycles. The molecule has 1 aromatic carbocycles. The molecule has 0 aromatic heterocycles. The van der Waals surface area contributed by atoms with Gasteiger partial charge in [-0.15, -0.1) is 0 Å². The standard InChI is InChI=1S/C17H26O/c1-2-14-8-11-16(12-9-14)17(18)13-10-15-6-4-3-5-7-15/h8-9,11-12,15,17-18H,2-7,10,13H2,1H3. The fourth-order valence-corrected chi connectivity index (χ4v) is 3.01. The minimum absolute atomic E-state index is 0.266. The second-order valence-corrected chi connectivity index (χ2v) is 5.69. The quantitative estimate of drug-likeness (QED) is 0.802. The van der Waals surface area contributed by atoms with Crippen LogP contribution in [0.25, 0.3) is 0 Å². The number of aryl methyl sites for hydroxylation is 1. The number of aliphatic hydroxyl groups excluding tert-OH is 1. The van der Waals surface area contributed by atoms with Crippen molar-refractivity contribution in [1.82, 2.24) is 0 Å². The lowest BCUT2D eigenvalue weighted by Gasteiger charge is -2.22. The van der Waals surface area contributed by atoms with Crippen LogP contribution in [0.5, 0.6) is 0 Å². The Morgan fingerprint density at radius 2 is 1.78 bits per heavy atom. The van der Waals surface area contributed by atoms with E-state index in [-0.39, 0.29) is 6.10 Å². The Kier molecular flexibility index (Phi) is 5.25. The Hall–Kier alpha value is -0.820. The number of rotatable bonds is 5. The normalized spacial score (nSPS) is 18.8. The van der Waals surface area contributed by atoms with Crippen molar-refractivity contribution < 1.29 is 5.11 Å². The summed E-state index contributed by atoms with van der Waals surface area (Å²) >= 11 is 0. The lowest BCUT2D eigenvalue weighted by atomic mass is 9.85. The first kappa shape index (κ1) is 13.6. The summed E-state index contributed by atoms with van der Waals surface area (Å²) in [5.41, 5.74) is 2.43. The maximum absolute atomic E-state index is 10.2. The van der Waals surface area contributed by atoms with E-state index in [9.17, 15) is 5.11 Å². The van der Waals surface area contributed by atoms with E-state index < -0.39 is 0 Å². The molecular formula is C17H26O. The number of hydrogen-bond donors (Lipinski definition) is 1. The van der Waals surface area contributed by atoms with Gasteiger partial charge in [-0.25, -0.2) is 0 Å². The first-order valence-electron chi connectivity index (χ1n) is 7.56. The van der Waals surface area contributed by atoms with Crippen molar-refractivity contribution in [2.45, 2.75) is 64.4 Å². The van der Waals surface area contributed by atoms with E-state index in [4.69, 9.17) is 0 Å². The highest BCUT2D eigenvalue weighted by Gasteiger charge is 2.15. The molecule has 2 rings (SSSR count). The topological polar surface area (TPSA) is 20.2 Å². The smallest absolute Gasteiger partial charge is 0.0790 e. The summed E-state index contributed by atoms with van der Waals surface area (Å²) in [5, 5.41) is 10.2. The summed E-state index contributed by atoms with van der Waals surface area (Å²) in [6.45, 7) is 2.16. The van der Waals surface area contributed by atoms with Gasteiger partial charge in [-0.2, -0.15) is 0 Å². The summed E-state index contributed by atoms with van der Waals surface area (Å²) in [7, 11) is 0. The van der Waals surface area contributed by atoms with E-state index in [0.717, 1.165) is 24.3 Å². The van der Waals surface area contributed by atoms with Crippen molar-refractivity contribution in [2.75, 3.05) is 0 Å². The highest BCUT2D eigenvalue weighted by molar-refractivity contribution is 5.24. The molecule has 0 radical (unpaired) electrons. The van der Waals surface area contributed by atoms with Gasteiger partial charge in [0.1, 0.15) is 0 Å². The van der Waals surface area contributed by atoms with Crippen LogP contribution < -0.4 is 0 Å². The first-order valence-corrected chi connectivity index (χ1v) is 7.56. The second kappa shape index (κ2) is 6.94.